The molecule has 1 amide bonds. The fourth-order valence-corrected chi connectivity index (χ4v) is 2.85. The lowest BCUT2D eigenvalue weighted by atomic mass is 9.90. The molecule has 0 aromatic heterocycles. The number of hydrogen-bond acceptors (Lipinski definition) is 4. The lowest BCUT2D eigenvalue weighted by Gasteiger charge is -2.34. The van der Waals surface area contributed by atoms with Gasteiger partial charge in [0, 0.05) is 39.2 Å². The van der Waals surface area contributed by atoms with Crippen molar-refractivity contribution < 1.29 is 19.4 Å². The van der Waals surface area contributed by atoms with Crippen LogP contribution in [-0.4, -0.2) is 49.1 Å². The SMILES string of the molecule is CC[C@@H]1OCCC[C@H]1C(=O)NCC1(O)CCOCC1. The number of carbonyl (C=O) groups is 1. The maximum absolute atomic E-state index is 12.2. The largest absolute Gasteiger partial charge is 0.388 e. The van der Waals surface area contributed by atoms with Crippen LogP contribution in [0.15, 0.2) is 0 Å². The standard InChI is InChI=1S/C14H25NO4/c1-2-12-11(4-3-7-19-12)13(16)15-10-14(17)5-8-18-9-6-14/h11-12,17H,2-10H2,1H3,(H,15,16)/t11-,12+/m1/s1. The van der Waals surface area contributed by atoms with Gasteiger partial charge in [-0.25, -0.2) is 0 Å². The molecule has 110 valence electrons. The van der Waals surface area contributed by atoms with Crippen molar-refractivity contribution in [3.05, 3.63) is 0 Å². The van der Waals surface area contributed by atoms with Crippen LogP contribution in [0.4, 0.5) is 0 Å². The van der Waals surface area contributed by atoms with E-state index >= 15 is 0 Å². The second kappa shape index (κ2) is 6.68. The van der Waals surface area contributed by atoms with Gasteiger partial charge in [-0.2, -0.15) is 0 Å². The molecular weight excluding hydrogens is 246 g/mol. The highest BCUT2D eigenvalue weighted by Gasteiger charge is 2.34. The molecule has 2 aliphatic heterocycles. The van der Waals surface area contributed by atoms with E-state index in [4.69, 9.17) is 9.47 Å². The summed E-state index contributed by atoms with van der Waals surface area (Å²) in [7, 11) is 0. The first kappa shape index (κ1) is 14.8. The van der Waals surface area contributed by atoms with Gasteiger partial charge in [0.25, 0.3) is 0 Å². The summed E-state index contributed by atoms with van der Waals surface area (Å²) in [5.74, 6) is -0.0475. The minimum absolute atomic E-state index is 0.0199. The summed E-state index contributed by atoms with van der Waals surface area (Å²) >= 11 is 0. The fraction of sp³-hybridized carbons (Fsp3) is 0.929. The van der Waals surface area contributed by atoms with Crippen molar-refractivity contribution in [2.75, 3.05) is 26.4 Å². The summed E-state index contributed by atoms with van der Waals surface area (Å²) in [5, 5.41) is 13.2. The monoisotopic (exact) mass is 271 g/mol. The molecule has 0 unspecified atom stereocenters. The zero-order chi connectivity index (χ0) is 13.7. The lowest BCUT2D eigenvalue weighted by Crippen LogP contribution is -2.50. The van der Waals surface area contributed by atoms with Crippen molar-refractivity contribution in [2.24, 2.45) is 5.92 Å². The van der Waals surface area contributed by atoms with E-state index in [0.29, 0.717) is 32.6 Å². The third-order valence-corrected chi connectivity index (χ3v) is 4.19. The first-order valence-electron chi connectivity index (χ1n) is 7.34. The number of aliphatic hydroxyl groups is 1. The van der Waals surface area contributed by atoms with Gasteiger partial charge in [-0.1, -0.05) is 6.92 Å². The highest BCUT2D eigenvalue weighted by Crippen LogP contribution is 2.24. The number of amides is 1. The van der Waals surface area contributed by atoms with Gasteiger partial charge in [0.05, 0.1) is 17.6 Å². The molecule has 0 saturated carbocycles. The van der Waals surface area contributed by atoms with Crippen LogP contribution >= 0.6 is 0 Å². The number of carbonyl (C=O) groups excluding carboxylic acids is 1. The predicted octanol–water partition coefficient (Wildman–Crippen LogP) is 0.849. The molecule has 2 rings (SSSR count). The normalized spacial score (nSPS) is 30.8. The summed E-state index contributed by atoms with van der Waals surface area (Å²) in [6.07, 6.45) is 3.88. The Morgan fingerprint density at radius 2 is 2.11 bits per heavy atom. The van der Waals surface area contributed by atoms with E-state index in [1.807, 2.05) is 6.92 Å². The quantitative estimate of drug-likeness (QED) is 0.795. The average Bonchev–Trinajstić information content (AvgIpc) is 2.45. The third-order valence-electron chi connectivity index (χ3n) is 4.19. The minimum atomic E-state index is -0.800. The zero-order valence-electron chi connectivity index (χ0n) is 11.7. The zero-order valence-corrected chi connectivity index (χ0v) is 11.7. The molecule has 0 aromatic rings. The van der Waals surface area contributed by atoms with E-state index in [2.05, 4.69) is 5.32 Å². The van der Waals surface area contributed by atoms with E-state index in [-0.39, 0.29) is 17.9 Å². The minimum Gasteiger partial charge on any atom is -0.388 e. The topological polar surface area (TPSA) is 67.8 Å². The van der Waals surface area contributed by atoms with Gasteiger partial charge >= 0.3 is 0 Å². The Hall–Kier alpha value is -0.650. The molecule has 5 nitrogen and oxygen atoms in total. The first-order chi connectivity index (χ1) is 9.14. The molecule has 0 bridgehead atoms. The van der Waals surface area contributed by atoms with Gasteiger partial charge in [-0.15, -0.1) is 0 Å². The summed E-state index contributed by atoms with van der Waals surface area (Å²) in [6.45, 7) is 4.25. The van der Waals surface area contributed by atoms with Crippen LogP contribution in [0.2, 0.25) is 0 Å². The third kappa shape index (κ3) is 3.91. The summed E-state index contributed by atoms with van der Waals surface area (Å²) < 4.78 is 10.9. The van der Waals surface area contributed by atoms with Crippen LogP contribution in [0.1, 0.15) is 39.0 Å². The molecule has 19 heavy (non-hydrogen) atoms. The summed E-state index contributed by atoms with van der Waals surface area (Å²) in [6, 6.07) is 0. The molecule has 0 spiro atoms. The fourth-order valence-electron chi connectivity index (χ4n) is 2.85. The molecule has 2 fully saturated rings. The van der Waals surface area contributed by atoms with Crippen molar-refractivity contribution in [3.8, 4) is 0 Å². The van der Waals surface area contributed by atoms with Gasteiger partial charge in [-0.05, 0) is 19.3 Å². The van der Waals surface area contributed by atoms with E-state index in [1.54, 1.807) is 0 Å². The van der Waals surface area contributed by atoms with Gasteiger partial charge in [0.2, 0.25) is 5.91 Å². The van der Waals surface area contributed by atoms with E-state index in [1.165, 1.54) is 0 Å². The molecule has 0 aromatic carbocycles. The van der Waals surface area contributed by atoms with Crippen molar-refractivity contribution in [2.45, 2.75) is 50.7 Å². The second-order valence-corrected chi connectivity index (χ2v) is 5.62. The van der Waals surface area contributed by atoms with E-state index in [0.717, 1.165) is 25.9 Å². The summed E-state index contributed by atoms with van der Waals surface area (Å²) in [5.41, 5.74) is -0.800. The van der Waals surface area contributed by atoms with Gasteiger partial charge in [-0.3, -0.25) is 4.79 Å². The van der Waals surface area contributed by atoms with Crippen molar-refractivity contribution in [1.29, 1.82) is 0 Å². The van der Waals surface area contributed by atoms with Crippen LogP contribution in [-0.2, 0) is 14.3 Å². The Kier molecular flexibility index (Phi) is 5.19. The Morgan fingerprint density at radius 3 is 2.79 bits per heavy atom. The van der Waals surface area contributed by atoms with Crippen LogP contribution in [0, 0.1) is 5.92 Å². The van der Waals surface area contributed by atoms with Crippen molar-refractivity contribution in [3.63, 3.8) is 0 Å². The molecule has 2 saturated heterocycles. The maximum Gasteiger partial charge on any atom is 0.225 e. The van der Waals surface area contributed by atoms with Crippen LogP contribution in [0.3, 0.4) is 0 Å². The van der Waals surface area contributed by atoms with Crippen LogP contribution in [0.5, 0.6) is 0 Å². The molecule has 5 heteroatoms. The number of nitrogens with one attached hydrogen (secondary N) is 1. The molecule has 2 N–H and O–H groups in total. The molecular formula is C14H25NO4. The second-order valence-electron chi connectivity index (χ2n) is 5.62. The van der Waals surface area contributed by atoms with Crippen LogP contribution in [0.25, 0.3) is 0 Å². The Bertz CT molecular complexity index is 302. The van der Waals surface area contributed by atoms with Gasteiger partial charge in [0.1, 0.15) is 0 Å². The van der Waals surface area contributed by atoms with Crippen molar-refractivity contribution in [1.82, 2.24) is 5.32 Å². The number of rotatable bonds is 4. The lowest BCUT2D eigenvalue weighted by molar-refractivity contribution is -0.136. The predicted molar refractivity (Wildman–Crippen MR) is 70.8 cm³/mol. The van der Waals surface area contributed by atoms with Crippen LogP contribution < -0.4 is 5.32 Å². The Morgan fingerprint density at radius 1 is 1.37 bits per heavy atom. The molecule has 0 radical (unpaired) electrons. The highest BCUT2D eigenvalue weighted by atomic mass is 16.5. The Labute approximate surface area is 114 Å². The number of ether oxygens (including phenoxy) is 2. The van der Waals surface area contributed by atoms with Crippen molar-refractivity contribution >= 4 is 5.91 Å². The first-order valence-corrected chi connectivity index (χ1v) is 7.34. The van der Waals surface area contributed by atoms with E-state index in [9.17, 15) is 9.90 Å². The smallest absolute Gasteiger partial charge is 0.225 e. The van der Waals surface area contributed by atoms with E-state index < -0.39 is 5.60 Å². The number of hydrogen-bond donors (Lipinski definition) is 2. The highest BCUT2D eigenvalue weighted by molar-refractivity contribution is 5.79. The summed E-state index contributed by atoms with van der Waals surface area (Å²) in [4.78, 5) is 12.2. The maximum atomic E-state index is 12.2. The van der Waals surface area contributed by atoms with Gasteiger partial charge < -0.3 is 19.9 Å². The Balaban J connectivity index is 1.82. The molecule has 0 aliphatic carbocycles. The molecule has 2 heterocycles. The average molecular weight is 271 g/mol. The van der Waals surface area contributed by atoms with Gasteiger partial charge in [0.15, 0.2) is 0 Å². The molecule has 2 aliphatic rings. The molecule has 2 atom stereocenters.